The van der Waals surface area contributed by atoms with Crippen LogP contribution in [0.25, 0.3) is 0 Å². The van der Waals surface area contributed by atoms with Crippen LogP contribution in [0, 0.1) is 0 Å². The van der Waals surface area contributed by atoms with E-state index >= 15 is 0 Å². The lowest BCUT2D eigenvalue weighted by atomic mass is 10.2. The summed E-state index contributed by atoms with van der Waals surface area (Å²) >= 11 is 0. The molecule has 0 bridgehead atoms. The molecule has 3 rings (SSSR count). The number of ether oxygens (including phenoxy) is 2. The van der Waals surface area contributed by atoms with Gasteiger partial charge in [-0.1, -0.05) is 12.8 Å². The summed E-state index contributed by atoms with van der Waals surface area (Å²) in [6.45, 7) is 1.09. The fourth-order valence-electron chi connectivity index (χ4n) is 4.02. The van der Waals surface area contributed by atoms with E-state index in [1.807, 2.05) is 0 Å². The van der Waals surface area contributed by atoms with E-state index in [4.69, 9.17) is 9.47 Å². The number of nitrogens with one attached hydrogen (secondary N) is 2. The zero-order valence-corrected chi connectivity index (χ0v) is 19.4. The average molecular weight is 469 g/mol. The van der Waals surface area contributed by atoms with E-state index in [0.717, 1.165) is 25.7 Å². The highest BCUT2D eigenvalue weighted by atomic mass is 32.2. The van der Waals surface area contributed by atoms with Crippen molar-refractivity contribution in [3.63, 3.8) is 0 Å². The summed E-state index contributed by atoms with van der Waals surface area (Å²) in [5.41, 5.74) is 0. The molecule has 0 radical (unpaired) electrons. The molecule has 2 N–H and O–H groups in total. The summed E-state index contributed by atoms with van der Waals surface area (Å²) in [6.07, 6.45) is 4.56. The maximum Gasteiger partial charge on any atom is 0.317 e. The minimum Gasteiger partial charge on any atom is -0.497 e. The number of hydrogen-bond acceptors (Lipinski definition) is 6. The van der Waals surface area contributed by atoms with Crippen LogP contribution in [-0.2, 0) is 14.8 Å². The lowest BCUT2D eigenvalue weighted by molar-refractivity contribution is -0.121. The van der Waals surface area contributed by atoms with Gasteiger partial charge in [0.2, 0.25) is 15.9 Å². The highest BCUT2D eigenvalue weighted by Gasteiger charge is 2.32. The van der Waals surface area contributed by atoms with Crippen LogP contribution in [0.4, 0.5) is 4.79 Å². The molecule has 0 aromatic heterocycles. The minimum absolute atomic E-state index is 0.0329. The Hall–Kier alpha value is -2.53. The predicted molar refractivity (Wildman–Crippen MR) is 118 cm³/mol. The molecule has 10 nitrogen and oxygen atoms in total. The van der Waals surface area contributed by atoms with Gasteiger partial charge in [-0.2, -0.15) is 4.31 Å². The van der Waals surface area contributed by atoms with Gasteiger partial charge >= 0.3 is 6.03 Å². The molecule has 1 aliphatic heterocycles. The molecule has 0 atom stereocenters. The van der Waals surface area contributed by atoms with Crippen molar-refractivity contribution in [2.75, 3.05) is 46.9 Å². The van der Waals surface area contributed by atoms with Crippen molar-refractivity contribution in [1.29, 1.82) is 0 Å². The van der Waals surface area contributed by atoms with Crippen LogP contribution in [0.5, 0.6) is 11.5 Å². The molecule has 1 saturated carbocycles. The third-order valence-corrected chi connectivity index (χ3v) is 7.78. The summed E-state index contributed by atoms with van der Waals surface area (Å²) < 4.78 is 38.0. The van der Waals surface area contributed by atoms with E-state index in [1.54, 1.807) is 17.0 Å². The van der Waals surface area contributed by atoms with Crippen LogP contribution in [0.1, 0.15) is 32.1 Å². The van der Waals surface area contributed by atoms with Crippen molar-refractivity contribution in [2.24, 2.45) is 0 Å². The van der Waals surface area contributed by atoms with Gasteiger partial charge in [0.25, 0.3) is 0 Å². The van der Waals surface area contributed by atoms with Gasteiger partial charge < -0.3 is 25.0 Å². The minimum atomic E-state index is -3.81. The Labute approximate surface area is 189 Å². The molecule has 32 heavy (non-hydrogen) atoms. The van der Waals surface area contributed by atoms with E-state index in [0.29, 0.717) is 5.75 Å². The number of piperazine rings is 1. The predicted octanol–water partition coefficient (Wildman–Crippen LogP) is 1.17. The highest BCUT2D eigenvalue weighted by molar-refractivity contribution is 7.89. The molecule has 178 valence electrons. The second-order valence-corrected chi connectivity index (χ2v) is 9.85. The lowest BCUT2D eigenvalue weighted by Gasteiger charge is -2.34. The number of methoxy groups -OCH3 is 2. The molecular formula is C21H32N4O6S. The second-order valence-electron chi connectivity index (χ2n) is 7.94. The molecule has 0 unspecified atom stereocenters. The van der Waals surface area contributed by atoms with Gasteiger partial charge in [-0.15, -0.1) is 0 Å². The van der Waals surface area contributed by atoms with E-state index in [9.17, 15) is 18.0 Å². The van der Waals surface area contributed by atoms with Gasteiger partial charge in [-0.05, 0) is 25.0 Å². The zero-order chi connectivity index (χ0) is 23.1. The van der Waals surface area contributed by atoms with E-state index < -0.39 is 10.0 Å². The molecule has 3 amide bonds. The number of rotatable bonds is 8. The summed E-state index contributed by atoms with van der Waals surface area (Å²) in [4.78, 5) is 26.0. The fourth-order valence-corrected chi connectivity index (χ4v) is 5.61. The van der Waals surface area contributed by atoms with Gasteiger partial charge in [0, 0.05) is 51.3 Å². The third kappa shape index (κ3) is 5.83. The summed E-state index contributed by atoms with van der Waals surface area (Å²) in [5, 5.41) is 5.74. The average Bonchev–Trinajstić information content (AvgIpc) is 3.31. The van der Waals surface area contributed by atoms with Crippen LogP contribution >= 0.6 is 0 Å². The molecule has 1 aromatic carbocycles. The van der Waals surface area contributed by atoms with E-state index in [-0.39, 0.29) is 67.8 Å². The van der Waals surface area contributed by atoms with Gasteiger partial charge in [-0.3, -0.25) is 4.79 Å². The fraction of sp³-hybridized carbons (Fsp3) is 0.619. The third-order valence-electron chi connectivity index (χ3n) is 5.86. The van der Waals surface area contributed by atoms with E-state index in [2.05, 4.69) is 10.6 Å². The molecule has 1 saturated heterocycles. The zero-order valence-electron chi connectivity index (χ0n) is 18.6. The summed E-state index contributed by atoms with van der Waals surface area (Å²) in [5.74, 6) is 0.599. The normalized spacial score (nSPS) is 17.8. The standard InChI is InChI=1S/C21H32N4O6S/c1-30-17-7-8-18(31-2)19(15-17)32(28,29)25-13-11-24(12-14-25)21(27)22-10-9-20(26)23-16-5-3-4-6-16/h7-8,15-16H,3-6,9-14H2,1-2H3,(H,22,27)(H,23,26). The van der Waals surface area contributed by atoms with Crippen molar-refractivity contribution < 1.29 is 27.5 Å². The highest BCUT2D eigenvalue weighted by Crippen LogP contribution is 2.31. The Morgan fingerprint density at radius 1 is 1.06 bits per heavy atom. The first kappa shape index (κ1) is 24.1. The molecule has 11 heteroatoms. The number of urea groups is 1. The van der Waals surface area contributed by atoms with Gasteiger partial charge in [0.1, 0.15) is 16.4 Å². The molecule has 2 aliphatic rings. The van der Waals surface area contributed by atoms with Gasteiger partial charge in [-0.25, -0.2) is 13.2 Å². The van der Waals surface area contributed by atoms with Crippen molar-refractivity contribution in [2.45, 2.75) is 43.0 Å². The van der Waals surface area contributed by atoms with E-state index in [1.165, 1.54) is 24.6 Å². The van der Waals surface area contributed by atoms with Crippen LogP contribution in [-0.4, -0.2) is 82.5 Å². The van der Waals surface area contributed by atoms with Gasteiger partial charge in [0.05, 0.1) is 14.2 Å². The number of carbonyl (C=O) groups is 2. The topological polar surface area (TPSA) is 117 Å². The van der Waals surface area contributed by atoms with Crippen LogP contribution < -0.4 is 20.1 Å². The monoisotopic (exact) mass is 468 g/mol. The van der Waals surface area contributed by atoms with Crippen LogP contribution in [0.2, 0.25) is 0 Å². The molecule has 2 fully saturated rings. The quantitative estimate of drug-likeness (QED) is 0.592. The summed E-state index contributed by atoms with van der Waals surface area (Å²) in [7, 11) is -0.929. The number of nitrogens with zero attached hydrogens (tertiary/aromatic N) is 2. The number of carbonyl (C=O) groups excluding carboxylic acids is 2. The van der Waals surface area contributed by atoms with Crippen LogP contribution in [0.15, 0.2) is 23.1 Å². The van der Waals surface area contributed by atoms with Crippen molar-refractivity contribution in [3.8, 4) is 11.5 Å². The Balaban J connectivity index is 1.48. The molecule has 1 aliphatic carbocycles. The maximum atomic E-state index is 13.1. The number of hydrogen-bond donors (Lipinski definition) is 2. The van der Waals surface area contributed by atoms with Crippen LogP contribution in [0.3, 0.4) is 0 Å². The van der Waals surface area contributed by atoms with Gasteiger partial charge in [0.15, 0.2) is 0 Å². The van der Waals surface area contributed by atoms with Crippen molar-refractivity contribution in [1.82, 2.24) is 19.8 Å². The Morgan fingerprint density at radius 3 is 2.38 bits per heavy atom. The smallest absolute Gasteiger partial charge is 0.317 e. The Bertz CT molecular complexity index is 909. The second kappa shape index (κ2) is 10.9. The number of sulfonamides is 1. The van der Waals surface area contributed by atoms with Crippen molar-refractivity contribution in [3.05, 3.63) is 18.2 Å². The lowest BCUT2D eigenvalue weighted by Crippen LogP contribution is -2.53. The first-order valence-electron chi connectivity index (χ1n) is 10.9. The Morgan fingerprint density at radius 2 is 1.75 bits per heavy atom. The largest absolute Gasteiger partial charge is 0.497 e. The first-order valence-corrected chi connectivity index (χ1v) is 12.3. The number of benzene rings is 1. The Kier molecular flexibility index (Phi) is 8.19. The maximum absolute atomic E-state index is 13.1. The van der Waals surface area contributed by atoms with Crippen molar-refractivity contribution >= 4 is 22.0 Å². The molecule has 1 heterocycles. The first-order chi connectivity index (χ1) is 15.3. The molecule has 1 aromatic rings. The molecule has 0 spiro atoms. The molecular weight excluding hydrogens is 436 g/mol. The SMILES string of the molecule is COc1ccc(OC)c(S(=O)(=O)N2CCN(C(=O)NCCC(=O)NC3CCCC3)CC2)c1. The summed E-state index contributed by atoms with van der Waals surface area (Å²) in [6, 6.07) is 4.59. The number of amides is 3.